The highest BCUT2D eigenvalue weighted by molar-refractivity contribution is 6.36. The van der Waals surface area contributed by atoms with Crippen molar-refractivity contribution in [2.45, 2.75) is 12.5 Å². The van der Waals surface area contributed by atoms with Crippen LogP contribution in [0.3, 0.4) is 0 Å². The van der Waals surface area contributed by atoms with Crippen LogP contribution in [0.15, 0.2) is 18.2 Å². The Labute approximate surface area is 119 Å². The normalized spacial score (nSPS) is 11.7. The lowest BCUT2D eigenvalue weighted by Gasteiger charge is -2.14. The highest BCUT2D eigenvalue weighted by Crippen LogP contribution is 2.25. The molecule has 0 aliphatic heterocycles. The molecule has 0 aliphatic rings. The number of carbonyl (C=O) groups is 2. The summed E-state index contributed by atoms with van der Waals surface area (Å²) < 4.78 is 0. The third-order valence-electron chi connectivity index (χ3n) is 2.20. The van der Waals surface area contributed by atoms with Gasteiger partial charge in [0.1, 0.15) is 6.04 Å². The fourth-order valence-corrected chi connectivity index (χ4v) is 1.75. The van der Waals surface area contributed by atoms with Gasteiger partial charge in [-0.1, -0.05) is 23.2 Å². The Morgan fingerprint density at radius 3 is 2.53 bits per heavy atom. The maximum atomic E-state index is 11.6. The van der Waals surface area contributed by atoms with Gasteiger partial charge in [-0.05, 0) is 18.2 Å². The Morgan fingerprint density at radius 2 is 2.00 bits per heavy atom. The SMILES string of the molecule is O=C(Nc1ccc(Cl)cc1Cl)N[C@H](CCO)C(=O)O. The molecule has 104 valence electrons. The molecular weight excluding hydrogens is 295 g/mol. The van der Waals surface area contributed by atoms with Crippen LogP contribution >= 0.6 is 23.2 Å². The molecule has 0 bridgehead atoms. The summed E-state index contributed by atoms with van der Waals surface area (Å²) in [6.07, 6.45) is -0.0862. The first kappa shape index (κ1) is 15.6. The minimum atomic E-state index is -1.23. The maximum Gasteiger partial charge on any atom is 0.326 e. The van der Waals surface area contributed by atoms with Gasteiger partial charge in [0.05, 0.1) is 10.7 Å². The number of carbonyl (C=O) groups excluding carboxylic acids is 1. The van der Waals surface area contributed by atoms with Crippen LogP contribution in [0.25, 0.3) is 0 Å². The van der Waals surface area contributed by atoms with Crippen LogP contribution in [0.2, 0.25) is 10.0 Å². The summed E-state index contributed by atoms with van der Waals surface area (Å²) in [6.45, 7) is -0.348. The minimum absolute atomic E-state index is 0.0862. The zero-order valence-electron chi connectivity index (χ0n) is 9.69. The number of aliphatic hydroxyl groups excluding tert-OH is 1. The number of carboxylic acids is 1. The molecule has 8 heteroatoms. The molecule has 0 aliphatic carbocycles. The molecule has 1 aromatic carbocycles. The number of anilines is 1. The standard InChI is InChI=1S/C11H12Cl2N2O4/c12-6-1-2-8(7(13)5-6)14-11(19)15-9(3-4-16)10(17)18/h1-2,5,9,16H,3-4H2,(H,17,18)(H2,14,15,19)/t9-/m1/s1. The summed E-state index contributed by atoms with van der Waals surface area (Å²) in [4.78, 5) is 22.4. The number of hydrogen-bond acceptors (Lipinski definition) is 3. The van der Waals surface area contributed by atoms with E-state index < -0.39 is 18.0 Å². The second-order valence-corrected chi connectivity index (χ2v) is 4.47. The van der Waals surface area contributed by atoms with Gasteiger partial charge in [0.2, 0.25) is 0 Å². The zero-order chi connectivity index (χ0) is 14.4. The number of halogens is 2. The predicted octanol–water partition coefficient (Wildman–Crippen LogP) is 1.95. The average molecular weight is 307 g/mol. The van der Waals surface area contributed by atoms with E-state index in [1.807, 2.05) is 0 Å². The van der Waals surface area contributed by atoms with Gasteiger partial charge < -0.3 is 20.8 Å². The van der Waals surface area contributed by atoms with Crippen LogP contribution in [-0.4, -0.2) is 34.9 Å². The third-order valence-corrected chi connectivity index (χ3v) is 2.75. The molecule has 0 heterocycles. The molecule has 1 aromatic rings. The van der Waals surface area contributed by atoms with Crippen LogP contribution in [0.4, 0.5) is 10.5 Å². The molecule has 6 nitrogen and oxygen atoms in total. The number of aliphatic hydroxyl groups is 1. The molecule has 1 atom stereocenters. The zero-order valence-corrected chi connectivity index (χ0v) is 11.2. The summed E-state index contributed by atoms with van der Waals surface area (Å²) >= 11 is 11.6. The van der Waals surface area contributed by atoms with E-state index >= 15 is 0 Å². The third kappa shape index (κ3) is 4.94. The number of nitrogens with one attached hydrogen (secondary N) is 2. The van der Waals surface area contributed by atoms with Gasteiger partial charge in [-0.3, -0.25) is 0 Å². The van der Waals surface area contributed by atoms with Crippen molar-refractivity contribution in [1.29, 1.82) is 0 Å². The van der Waals surface area contributed by atoms with Gasteiger partial charge in [-0.15, -0.1) is 0 Å². The number of amides is 2. The van der Waals surface area contributed by atoms with Crippen molar-refractivity contribution in [2.75, 3.05) is 11.9 Å². The van der Waals surface area contributed by atoms with Gasteiger partial charge in [-0.25, -0.2) is 9.59 Å². The largest absolute Gasteiger partial charge is 0.480 e. The average Bonchev–Trinajstić information content (AvgIpc) is 2.32. The van der Waals surface area contributed by atoms with Gasteiger partial charge in [0, 0.05) is 18.1 Å². The molecule has 0 aromatic heterocycles. The highest BCUT2D eigenvalue weighted by Gasteiger charge is 2.19. The molecule has 0 fully saturated rings. The van der Waals surface area contributed by atoms with E-state index in [0.29, 0.717) is 10.7 Å². The Bertz CT molecular complexity index is 482. The van der Waals surface area contributed by atoms with Crippen LogP contribution in [-0.2, 0) is 4.79 Å². The van der Waals surface area contributed by atoms with Crippen molar-refractivity contribution in [3.05, 3.63) is 28.2 Å². The molecule has 19 heavy (non-hydrogen) atoms. The van der Waals surface area contributed by atoms with Gasteiger partial charge >= 0.3 is 12.0 Å². The van der Waals surface area contributed by atoms with Crippen molar-refractivity contribution < 1.29 is 19.8 Å². The van der Waals surface area contributed by atoms with Crippen molar-refractivity contribution in [3.8, 4) is 0 Å². The summed E-state index contributed by atoms with van der Waals surface area (Å²) in [5, 5.41) is 22.8. The second-order valence-electron chi connectivity index (χ2n) is 3.63. The molecule has 0 saturated heterocycles. The quantitative estimate of drug-likeness (QED) is 0.668. The van der Waals surface area contributed by atoms with Crippen molar-refractivity contribution in [2.24, 2.45) is 0 Å². The van der Waals surface area contributed by atoms with Crippen molar-refractivity contribution in [1.82, 2.24) is 5.32 Å². The van der Waals surface area contributed by atoms with E-state index in [1.54, 1.807) is 0 Å². The summed E-state index contributed by atoms with van der Waals surface area (Å²) in [6, 6.07) is 2.57. The second kappa shape index (κ2) is 7.18. The Balaban J connectivity index is 2.66. The van der Waals surface area contributed by atoms with E-state index in [4.69, 9.17) is 33.4 Å². The predicted molar refractivity (Wildman–Crippen MR) is 71.7 cm³/mol. The maximum absolute atomic E-state index is 11.6. The van der Waals surface area contributed by atoms with Gasteiger partial charge in [0.15, 0.2) is 0 Å². The number of carboxylic acid groups (broad SMARTS) is 1. The first-order valence-corrected chi connectivity index (χ1v) is 6.06. The van der Waals surface area contributed by atoms with Crippen LogP contribution < -0.4 is 10.6 Å². The first-order valence-electron chi connectivity index (χ1n) is 5.30. The number of benzene rings is 1. The van der Waals surface area contributed by atoms with Crippen LogP contribution in [0.1, 0.15) is 6.42 Å². The van der Waals surface area contributed by atoms with E-state index in [0.717, 1.165) is 0 Å². The topological polar surface area (TPSA) is 98.7 Å². The van der Waals surface area contributed by atoms with Crippen molar-refractivity contribution >= 4 is 40.9 Å². The number of urea groups is 1. The van der Waals surface area contributed by atoms with E-state index in [1.165, 1.54) is 18.2 Å². The molecule has 1 rings (SSSR count). The minimum Gasteiger partial charge on any atom is -0.480 e. The molecule has 0 radical (unpaired) electrons. The lowest BCUT2D eigenvalue weighted by molar-refractivity contribution is -0.139. The van der Waals surface area contributed by atoms with E-state index in [9.17, 15) is 9.59 Å². The van der Waals surface area contributed by atoms with Crippen LogP contribution in [0.5, 0.6) is 0 Å². The molecule has 2 amide bonds. The lowest BCUT2D eigenvalue weighted by Crippen LogP contribution is -2.43. The molecule has 0 unspecified atom stereocenters. The van der Waals surface area contributed by atoms with E-state index in [2.05, 4.69) is 10.6 Å². The van der Waals surface area contributed by atoms with E-state index in [-0.39, 0.29) is 18.1 Å². The number of hydrogen-bond donors (Lipinski definition) is 4. The number of rotatable bonds is 5. The fourth-order valence-electron chi connectivity index (χ4n) is 1.29. The Kier molecular flexibility index (Phi) is 5.88. The fraction of sp³-hybridized carbons (Fsp3) is 0.273. The van der Waals surface area contributed by atoms with Gasteiger partial charge in [-0.2, -0.15) is 0 Å². The summed E-state index contributed by atoms with van der Waals surface area (Å²) in [7, 11) is 0. The summed E-state index contributed by atoms with van der Waals surface area (Å²) in [5.41, 5.74) is 0.303. The highest BCUT2D eigenvalue weighted by atomic mass is 35.5. The van der Waals surface area contributed by atoms with Crippen LogP contribution in [0, 0.1) is 0 Å². The molecular formula is C11H12Cl2N2O4. The first-order chi connectivity index (χ1) is 8.93. The number of aliphatic carboxylic acids is 1. The Hall–Kier alpha value is -1.50. The Morgan fingerprint density at radius 1 is 1.32 bits per heavy atom. The lowest BCUT2D eigenvalue weighted by atomic mass is 10.2. The molecule has 0 saturated carbocycles. The molecule has 4 N–H and O–H groups in total. The monoisotopic (exact) mass is 306 g/mol. The smallest absolute Gasteiger partial charge is 0.326 e. The summed E-state index contributed by atoms with van der Waals surface area (Å²) in [5.74, 6) is -1.23. The van der Waals surface area contributed by atoms with Crippen molar-refractivity contribution in [3.63, 3.8) is 0 Å². The molecule has 0 spiro atoms. The van der Waals surface area contributed by atoms with Gasteiger partial charge in [0.25, 0.3) is 0 Å².